The summed E-state index contributed by atoms with van der Waals surface area (Å²) in [6.45, 7) is 5.24. The molecule has 0 aliphatic heterocycles. The first-order chi connectivity index (χ1) is 12.7. The molecule has 3 rings (SSSR count). The van der Waals surface area contributed by atoms with E-state index >= 15 is 0 Å². The predicted molar refractivity (Wildman–Crippen MR) is 99.5 cm³/mol. The highest BCUT2D eigenvalue weighted by atomic mass is 32.2. The van der Waals surface area contributed by atoms with E-state index < -0.39 is 20.7 Å². The first-order valence-corrected chi connectivity index (χ1v) is 9.55. The molecule has 0 bridgehead atoms. The molecule has 27 heavy (non-hydrogen) atoms. The molecular weight excluding hydrogens is 374 g/mol. The van der Waals surface area contributed by atoms with E-state index in [2.05, 4.69) is 4.72 Å². The molecule has 9 nitrogen and oxygen atoms in total. The second kappa shape index (κ2) is 6.54. The first-order valence-electron chi connectivity index (χ1n) is 8.06. The van der Waals surface area contributed by atoms with Crippen molar-refractivity contribution >= 4 is 32.5 Å². The summed E-state index contributed by atoms with van der Waals surface area (Å²) >= 11 is 0. The van der Waals surface area contributed by atoms with Crippen LogP contribution in [0.25, 0.3) is 11.1 Å². The van der Waals surface area contributed by atoms with Crippen LogP contribution in [0.3, 0.4) is 0 Å². The first kappa shape index (κ1) is 18.6. The molecule has 0 radical (unpaired) electrons. The van der Waals surface area contributed by atoms with E-state index in [1.165, 1.54) is 35.8 Å². The van der Waals surface area contributed by atoms with Gasteiger partial charge < -0.3 is 4.42 Å². The number of nitro groups is 1. The van der Waals surface area contributed by atoms with Crippen molar-refractivity contribution in [1.82, 2.24) is 4.57 Å². The molecule has 3 aromatic rings. The quantitative estimate of drug-likeness (QED) is 0.527. The Morgan fingerprint density at radius 1 is 1.26 bits per heavy atom. The van der Waals surface area contributed by atoms with E-state index in [4.69, 9.17) is 4.42 Å². The Bertz CT molecular complexity index is 1220. The van der Waals surface area contributed by atoms with Crippen LogP contribution in [0.2, 0.25) is 0 Å². The monoisotopic (exact) mass is 391 g/mol. The molecule has 0 amide bonds. The summed E-state index contributed by atoms with van der Waals surface area (Å²) in [6, 6.07) is 7.00. The number of fused-ring (bicyclic) bond motifs is 1. The van der Waals surface area contributed by atoms with Crippen LogP contribution < -0.4 is 10.5 Å². The van der Waals surface area contributed by atoms with Crippen molar-refractivity contribution in [2.24, 2.45) is 0 Å². The zero-order valence-electron chi connectivity index (χ0n) is 14.8. The van der Waals surface area contributed by atoms with E-state index in [0.29, 0.717) is 17.6 Å². The highest BCUT2D eigenvalue weighted by Gasteiger charge is 2.23. The summed E-state index contributed by atoms with van der Waals surface area (Å²) in [5.74, 6) is -0.566. The van der Waals surface area contributed by atoms with E-state index in [1.807, 2.05) is 0 Å². The lowest BCUT2D eigenvalue weighted by Gasteiger charge is -2.12. The Hall–Kier alpha value is -3.14. The molecule has 0 aliphatic rings. The molecule has 2 aromatic carbocycles. The van der Waals surface area contributed by atoms with Crippen molar-refractivity contribution in [1.29, 1.82) is 0 Å². The van der Waals surface area contributed by atoms with Crippen LogP contribution in [0.15, 0.2) is 44.4 Å². The van der Waals surface area contributed by atoms with Gasteiger partial charge in [-0.15, -0.1) is 0 Å². The summed E-state index contributed by atoms with van der Waals surface area (Å²) in [5.41, 5.74) is 1.20. The third-order valence-corrected chi connectivity index (χ3v) is 5.82. The maximum atomic E-state index is 12.9. The highest BCUT2D eigenvalue weighted by Crippen LogP contribution is 2.29. The Morgan fingerprint density at radius 2 is 1.96 bits per heavy atom. The van der Waals surface area contributed by atoms with Crippen LogP contribution in [0.1, 0.15) is 18.1 Å². The number of sulfonamides is 1. The molecular formula is C17H17N3O6S. The van der Waals surface area contributed by atoms with Gasteiger partial charge in [0, 0.05) is 18.7 Å². The van der Waals surface area contributed by atoms with Crippen molar-refractivity contribution in [3.05, 3.63) is 62.1 Å². The molecule has 1 heterocycles. The third kappa shape index (κ3) is 3.19. The summed E-state index contributed by atoms with van der Waals surface area (Å²) in [5, 5.41) is 11.1. The number of aromatic nitrogens is 1. The van der Waals surface area contributed by atoms with Gasteiger partial charge in [-0.2, -0.15) is 0 Å². The fourth-order valence-corrected chi connectivity index (χ4v) is 4.28. The molecule has 0 saturated heterocycles. The van der Waals surface area contributed by atoms with Gasteiger partial charge in [0.15, 0.2) is 5.58 Å². The molecule has 10 heteroatoms. The van der Waals surface area contributed by atoms with Crippen molar-refractivity contribution in [3.8, 4) is 0 Å². The second-order valence-corrected chi connectivity index (χ2v) is 7.66. The van der Waals surface area contributed by atoms with E-state index in [1.54, 1.807) is 19.9 Å². The van der Waals surface area contributed by atoms with Gasteiger partial charge >= 0.3 is 5.76 Å². The maximum Gasteiger partial charge on any atom is 0.419 e. The Morgan fingerprint density at radius 3 is 2.59 bits per heavy atom. The van der Waals surface area contributed by atoms with Crippen LogP contribution >= 0.6 is 0 Å². The zero-order valence-corrected chi connectivity index (χ0v) is 15.7. The number of nitro benzene ring substituents is 1. The minimum atomic E-state index is -4.05. The number of oxazole rings is 1. The highest BCUT2D eigenvalue weighted by molar-refractivity contribution is 7.92. The molecule has 0 spiro atoms. The molecule has 0 unspecified atom stereocenters. The van der Waals surface area contributed by atoms with Gasteiger partial charge in [0.2, 0.25) is 0 Å². The second-order valence-electron chi connectivity index (χ2n) is 6.01. The van der Waals surface area contributed by atoms with Crippen LogP contribution in [-0.2, 0) is 16.6 Å². The summed E-state index contributed by atoms with van der Waals surface area (Å²) < 4.78 is 34.6. The van der Waals surface area contributed by atoms with E-state index in [9.17, 15) is 23.3 Å². The number of hydrogen-bond donors (Lipinski definition) is 1. The number of rotatable bonds is 5. The molecule has 0 aliphatic carbocycles. The fraction of sp³-hybridized carbons (Fsp3) is 0.235. The van der Waals surface area contributed by atoms with Gasteiger partial charge in [-0.25, -0.2) is 13.2 Å². The van der Waals surface area contributed by atoms with Crippen LogP contribution in [0, 0.1) is 24.0 Å². The maximum absolute atomic E-state index is 12.9. The normalized spacial score (nSPS) is 11.7. The van der Waals surface area contributed by atoms with Crippen molar-refractivity contribution in [2.45, 2.75) is 32.2 Å². The number of benzene rings is 2. The molecule has 0 atom stereocenters. The SMILES string of the molecule is CCn1c(=O)oc2cc(S(=O)(=O)Nc3cccc([N+](=O)[O-])c3C)c(C)cc21. The topological polar surface area (TPSA) is 124 Å². The Labute approximate surface area is 154 Å². The van der Waals surface area contributed by atoms with Crippen molar-refractivity contribution in [3.63, 3.8) is 0 Å². The lowest BCUT2D eigenvalue weighted by atomic mass is 10.2. The average Bonchev–Trinajstić information content (AvgIpc) is 2.89. The van der Waals surface area contributed by atoms with Gasteiger partial charge in [-0.1, -0.05) is 6.07 Å². The average molecular weight is 391 g/mol. The minimum Gasteiger partial charge on any atom is -0.408 e. The Kier molecular flexibility index (Phi) is 4.52. The summed E-state index contributed by atoms with van der Waals surface area (Å²) in [7, 11) is -4.05. The number of nitrogens with one attached hydrogen (secondary N) is 1. The standard InChI is InChI=1S/C17H17N3O6S/c1-4-19-14-8-10(2)16(9-15(14)26-17(19)21)27(24,25)18-12-6-5-7-13(11(12)3)20(22)23/h5-9,18H,4H2,1-3H3. The van der Waals surface area contributed by atoms with Gasteiger partial charge in [0.1, 0.15) is 0 Å². The lowest BCUT2D eigenvalue weighted by Crippen LogP contribution is -2.15. The summed E-state index contributed by atoms with van der Waals surface area (Å²) in [4.78, 5) is 22.3. The van der Waals surface area contributed by atoms with Gasteiger partial charge in [-0.3, -0.25) is 19.4 Å². The number of anilines is 1. The number of aryl methyl sites for hydroxylation is 2. The van der Waals surface area contributed by atoms with E-state index in [0.717, 1.165) is 0 Å². The zero-order chi connectivity index (χ0) is 19.9. The minimum absolute atomic E-state index is 0.0714. The largest absolute Gasteiger partial charge is 0.419 e. The number of hydrogen-bond acceptors (Lipinski definition) is 6. The van der Waals surface area contributed by atoms with Crippen molar-refractivity contribution in [2.75, 3.05) is 4.72 Å². The smallest absolute Gasteiger partial charge is 0.408 e. The van der Waals surface area contributed by atoms with Gasteiger partial charge in [0.25, 0.3) is 15.7 Å². The van der Waals surface area contributed by atoms with Crippen molar-refractivity contribution < 1.29 is 17.8 Å². The lowest BCUT2D eigenvalue weighted by molar-refractivity contribution is -0.385. The van der Waals surface area contributed by atoms with Crippen LogP contribution in [0.5, 0.6) is 0 Å². The Balaban J connectivity index is 2.11. The molecule has 0 fully saturated rings. The predicted octanol–water partition coefficient (Wildman–Crippen LogP) is 2.94. The van der Waals surface area contributed by atoms with Crippen LogP contribution in [0.4, 0.5) is 11.4 Å². The molecule has 142 valence electrons. The summed E-state index contributed by atoms with van der Waals surface area (Å²) in [6.07, 6.45) is 0. The molecule has 0 saturated carbocycles. The van der Waals surface area contributed by atoms with Gasteiger partial charge in [-0.05, 0) is 38.5 Å². The molecule has 1 aromatic heterocycles. The van der Waals surface area contributed by atoms with Crippen LogP contribution in [-0.4, -0.2) is 17.9 Å². The van der Waals surface area contributed by atoms with Gasteiger partial charge in [0.05, 0.1) is 26.6 Å². The number of nitrogens with zero attached hydrogens (tertiary/aromatic N) is 2. The third-order valence-electron chi connectivity index (χ3n) is 4.32. The fourth-order valence-electron chi connectivity index (χ4n) is 2.91. The van der Waals surface area contributed by atoms with E-state index in [-0.39, 0.29) is 27.4 Å². The molecule has 1 N–H and O–H groups in total.